The first-order valence-electron chi connectivity index (χ1n) is 6.91. The van der Waals surface area contributed by atoms with E-state index >= 15 is 0 Å². The first-order chi connectivity index (χ1) is 9.45. The van der Waals surface area contributed by atoms with Gasteiger partial charge in [0.15, 0.2) is 0 Å². The highest BCUT2D eigenvalue weighted by molar-refractivity contribution is 5.82. The van der Waals surface area contributed by atoms with Crippen LogP contribution in [-0.4, -0.2) is 66.1 Å². The van der Waals surface area contributed by atoms with E-state index in [1.54, 1.807) is 7.11 Å². The number of rotatable bonds is 6. The quantitative estimate of drug-likeness (QED) is 0.610. The zero-order chi connectivity index (χ0) is 15.1. The Hall–Kier alpha value is -1.34. The van der Waals surface area contributed by atoms with Gasteiger partial charge in [-0.1, -0.05) is 6.92 Å². The van der Waals surface area contributed by atoms with Gasteiger partial charge >= 0.3 is 12.0 Å². The van der Waals surface area contributed by atoms with Gasteiger partial charge in [-0.25, -0.2) is 9.59 Å². The van der Waals surface area contributed by atoms with Crippen molar-refractivity contribution in [2.45, 2.75) is 38.3 Å². The van der Waals surface area contributed by atoms with Gasteiger partial charge < -0.3 is 25.2 Å². The molecule has 2 amide bonds. The van der Waals surface area contributed by atoms with Crippen LogP contribution in [-0.2, 0) is 9.53 Å². The molecule has 7 heteroatoms. The fourth-order valence-electron chi connectivity index (χ4n) is 2.16. The molecule has 0 aromatic carbocycles. The maximum Gasteiger partial charge on any atom is 0.326 e. The van der Waals surface area contributed by atoms with E-state index in [2.05, 4.69) is 5.32 Å². The third kappa shape index (κ3) is 4.97. The highest BCUT2D eigenvalue weighted by atomic mass is 16.5. The van der Waals surface area contributed by atoms with Crippen molar-refractivity contribution in [3.05, 3.63) is 0 Å². The van der Waals surface area contributed by atoms with Gasteiger partial charge in [0.1, 0.15) is 6.04 Å². The van der Waals surface area contributed by atoms with Gasteiger partial charge in [0, 0.05) is 26.8 Å². The fraction of sp³-hybridized carbons (Fsp3) is 0.846. The van der Waals surface area contributed by atoms with E-state index in [0.717, 1.165) is 6.42 Å². The Balaban J connectivity index is 2.47. The molecule has 3 atom stereocenters. The SMILES string of the molecule is COCCCC(NC(=O)N1CCC(C)C(O)C1)C(=O)O. The fourth-order valence-corrected chi connectivity index (χ4v) is 2.16. The number of carboxylic acids is 1. The molecule has 116 valence electrons. The molecule has 3 N–H and O–H groups in total. The third-order valence-corrected chi connectivity index (χ3v) is 3.64. The van der Waals surface area contributed by atoms with Crippen LogP contribution in [0.1, 0.15) is 26.2 Å². The zero-order valence-corrected chi connectivity index (χ0v) is 12.0. The smallest absolute Gasteiger partial charge is 0.326 e. The topological polar surface area (TPSA) is 99.1 Å². The number of hydrogen-bond acceptors (Lipinski definition) is 4. The average molecular weight is 288 g/mol. The van der Waals surface area contributed by atoms with Gasteiger partial charge in [0.25, 0.3) is 0 Å². The molecule has 1 fully saturated rings. The molecule has 0 spiro atoms. The molecular formula is C13H24N2O5. The normalized spacial score (nSPS) is 24.2. The lowest BCUT2D eigenvalue weighted by Gasteiger charge is -2.34. The average Bonchev–Trinajstić information content (AvgIpc) is 2.40. The van der Waals surface area contributed by atoms with Crippen molar-refractivity contribution in [2.75, 3.05) is 26.8 Å². The first-order valence-corrected chi connectivity index (χ1v) is 6.91. The lowest BCUT2D eigenvalue weighted by Crippen LogP contribution is -2.53. The number of methoxy groups -OCH3 is 1. The zero-order valence-electron chi connectivity index (χ0n) is 12.0. The summed E-state index contributed by atoms with van der Waals surface area (Å²) in [7, 11) is 1.55. The standard InChI is InChI=1S/C13H24N2O5/c1-9-5-6-15(8-11(9)16)13(19)14-10(12(17)18)4-3-7-20-2/h9-11,16H,3-8H2,1-2H3,(H,14,19)(H,17,18). The Labute approximate surface area is 118 Å². The van der Waals surface area contributed by atoms with E-state index in [0.29, 0.717) is 26.0 Å². The Bertz CT molecular complexity index is 337. The van der Waals surface area contributed by atoms with Gasteiger partial charge in [0.05, 0.1) is 6.10 Å². The van der Waals surface area contributed by atoms with Crippen molar-refractivity contribution in [1.82, 2.24) is 10.2 Å². The Morgan fingerprint density at radius 1 is 1.50 bits per heavy atom. The van der Waals surface area contributed by atoms with Crippen LogP contribution >= 0.6 is 0 Å². The summed E-state index contributed by atoms with van der Waals surface area (Å²) in [5.74, 6) is -0.892. The molecule has 0 radical (unpaired) electrons. The van der Waals surface area contributed by atoms with Crippen molar-refractivity contribution in [2.24, 2.45) is 5.92 Å². The van der Waals surface area contributed by atoms with Crippen molar-refractivity contribution >= 4 is 12.0 Å². The summed E-state index contributed by atoms with van der Waals surface area (Å²) < 4.78 is 4.87. The maximum absolute atomic E-state index is 12.0. The molecular weight excluding hydrogens is 264 g/mol. The highest BCUT2D eigenvalue weighted by Crippen LogP contribution is 2.17. The first kappa shape index (κ1) is 16.7. The summed E-state index contributed by atoms with van der Waals surface area (Å²) in [5.41, 5.74) is 0. The molecule has 0 aliphatic carbocycles. The van der Waals surface area contributed by atoms with E-state index in [1.807, 2.05) is 6.92 Å². The molecule has 0 aromatic heterocycles. The second-order valence-corrected chi connectivity index (χ2v) is 5.25. The second-order valence-electron chi connectivity index (χ2n) is 5.25. The maximum atomic E-state index is 12.0. The molecule has 1 aliphatic heterocycles. The number of hydrogen-bond donors (Lipinski definition) is 3. The van der Waals surface area contributed by atoms with Gasteiger partial charge in [-0.3, -0.25) is 0 Å². The molecule has 1 saturated heterocycles. The number of amides is 2. The largest absolute Gasteiger partial charge is 0.480 e. The summed E-state index contributed by atoms with van der Waals surface area (Å²) in [4.78, 5) is 24.6. The third-order valence-electron chi connectivity index (χ3n) is 3.64. The van der Waals surface area contributed by atoms with Crippen molar-refractivity contribution in [3.8, 4) is 0 Å². The van der Waals surface area contributed by atoms with Gasteiger partial charge in [-0.15, -0.1) is 0 Å². The van der Waals surface area contributed by atoms with Gasteiger partial charge in [0.2, 0.25) is 0 Å². The number of nitrogens with zero attached hydrogens (tertiary/aromatic N) is 1. The highest BCUT2D eigenvalue weighted by Gasteiger charge is 2.29. The molecule has 0 saturated carbocycles. The number of urea groups is 1. The summed E-state index contributed by atoms with van der Waals surface area (Å²) in [5, 5.41) is 21.4. The van der Waals surface area contributed by atoms with E-state index in [4.69, 9.17) is 9.84 Å². The predicted octanol–water partition coefficient (Wildman–Crippen LogP) is 0.279. The summed E-state index contributed by atoms with van der Waals surface area (Å²) >= 11 is 0. The molecule has 1 aliphatic rings. The number of carboxylic acid groups (broad SMARTS) is 1. The van der Waals surface area contributed by atoms with Crippen LogP contribution in [0.4, 0.5) is 4.79 Å². The number of carbonyl (C=O) groups is 2. The number of nitrogens with one attached hydrogen (secondary N) is 1. The minimum atomic E-state index is -1.06. The van der Waals surface area contributed by atoms with Crippen molar-refractivity contribution in [1.29, 1.82) is 0 Å². The molecule has 1 rings (SSSR count). The number of aliphatic hydroxyl groups excluding tert-OH is 1. The monoisotopic (exact) mass is 288 g/mol. The van der Waals surface area contributed by atoms with Crippen molar-refractivity contribution in [3.63, 3.8) is 0 Å². The number of carbonyl (C=O) groups excluding carboxylic acids is 1. The molecule has 20 heavy (non-hydrogen) atoms. The van der Waals surface area contributed by atoms with Crippen LogP contribution in [0.2, 0.25) is 0 Å². The van der Waals surface area contributed by atoms with E-state index < -0.39 is 24.1 Å². The molecule has 0 aromatic rings. The molecule has 1 heterocycles. The van der Waals surface area contributed by atoms with Crippen LogP contribution in [0.25, 0.3) is 0 Å². The lowest BCUT2D eigenvalue weighted by molar-refractivity contribution is -0.139. The number of β-amino-alcohol motifs (C(OH)–C–C–N with tert-alkyl or cyclic N) is 1. The van der Waals surface area contributed by atoms with Crippen LogP contribution < -0.4 is 5.32 Å². The Kier molecular flexibility index (Phi) is 6.74. The predicted molar refractivity (Wildman–Crippen MR) is 72.4 cm³/mol. The molecule has 7 nitrogen and oxygen atoms in total. The van der Waals surface area contributed by atoms with Crippen molar-refractivity contribution < 1.29 is 24.5 Å². The molecule has 0 bridgehead atoms. The Morgan fingerprint density at radius 3 is 2.75 bits per heavy atom. The molecule has 3 unspecified atom stereocenters. The van der Waals surface area contributed by atoms with E-state index in [-0.39, 0.29) is 12.5 Å². The van der Waals surface area contributed by atoms with E-state index in [1.165, 1.54) is 4.90 Å². The van der Waals surface area contributed by atoms with Crippen LogP contribution in [0.15, 0.2) is 0 Å². The number of piperidine rings is 1. The number of aliphatic carboxylic acids is 1. The van der Waals surface area contributed by atoms with Crippen LogP contribution in [0.3, 0.4) is 0 Å². The van der Waals surface area contributed by atoms with Crippen LogP contribution in [0, 0.1) is 5.92 Å². The summed E-state index contributed by atoms with van der Waals surface area (Å²) in [6.45, 7) is 3.18. The minimum absolute atomic E-state index is 0.163. The number of likely N-dealkylation sites (tertiary alicyclic amines) is 1. The summed E-state index contributed by atoms with van der Waals surface area (Å²) in [6, 6.07) is -1.35. The second kappa shape index (κ2) is 8.06. The van der Waals surface area contributed by atoms with Gasteiger partial charge in [-0.05, 0) is 25.2 Å². The number of aliphatic hydroxyl groups is 1. The van der Waals surface area contributed by atoms with E-state index in [9.17, 15) is 14.7 Å². The minimum Gasteiger partial charge on any atom is -0.480 e. The Morgan fingerprint density at radius 2 is 2.20 bits per heavy atom. The summed E-state index contributed by atoms with van der Waals surface area (Å²) in [6.07, 6.45) is 1.05. The number of ether oxygens (including phenoxy) is 1. The van der Waals surface area contributed by atoms with Gasteiger partial charge in [-0.2, -0.15) is 0 Å². The van der Waals surface area contributed by atoms with Crippen LogP contribution in [0.5, 0.6) is 0 Å². The lowest BCUT2D eigenvalue weighted by atomic mass is 9.96.